The maximum absolute atomic E-state index is 8.65. The van der Waals surface area contributed by atoms with Crippen molar-refractivity contribution in [2.24, 2.45) is 22.7 Å². The van der Waals surface area contributed by atoms with E-state index in [9.17, 15) is 0 Å². The molecule has 0 radical (unpaired) electrons. The summed E-state index contributed by atoms with van der Waals surface area (Å²) in [6, 6.07) is 3.80. The molecule has 110 valence electrons. The van der Waals surface area contributed by atoms with Crippen LogP contribution >= 0.6 is 0 Å². The lowest BCUT2D eigenvalue weighted by Gasteiger charge is -2.22. The molecule has 5 nitrogen and oxygen atoms in total. The minimum atomic E-state index is 0.0970. The maximum Gasteiger partial charge on any atom is 0.171 e. The number of hydrogen-bond donors (Lipinski definition) is 2. The van der Waals surface area contributed by atoms with Gasteiger partial charge in [-0.05, 0) is 43.2 Å². The lowest BCUT2D eigenvalue weighted by atomic mass is 9.89. The van der Waals surface area contributed by atoms with Crippen LogP contribution in [0.4, 0.5) is 5.82 Å². The zero-order chi connectivity index (χ0) is 14.5. The minimum Gasteiger partial charge on any atom is -0.409 e. The van der Waals surface area contributed by atoms with Gasteiger partial charge in [0.15, 0.2) is 5.84 Å². The quantitative estimate of drug-likeness (QED) is 0.385. The van der Waals surface area contributed by atoms with Gasteiger partial charge in [-0.2, -0.15) is 0 Å². The van der Waals surface area contributed by atoms with E-state index in [0.717, 1.165) is 30.7 Å². The van der Waals surface area contributed by atoms with Gasteiger partial charge in [0.2, 0.25) is 0 Å². The molecule has 1 aromatic rings. The Hall–Kier alpha value is -1.78. The SMILES string of the molecule is CC(C)C1CCCN(c2ccc(C(N)=NO)cn2)CC1. The van der Waals surface area contributed by atoms with E-state index in [0.29, 0.717) is 5.56 Å². The van der Waals surface area contributed by atoms with Crippen molar-refractivity contribution in [1.82, 2.24) is 4.98 Å². The Balaban J connectivity index is 2.04. The van der Waals surface area contributed by atoms with Crippen LogP contribution in [0.25, 0.3) is 0 Å². The zero-order valence-corrected chi connectivity index (χ0v) is 12.3. The number of nitrogens with two attached hydrogens (primary N) is 1. The highest BCUT2D eigenvalue weighted by Crippen LogP contribution is 2.26. The van der Waals surface area contributed by atoms with Crippen molar-refractivity contribution < 1.29 is 5.21 Å². The van der Waals surface area contributed by atoms with Gasteiger partial charge < -0.3 is 15.8 Å². The summed E-state index contributed by atoms with van der Waals surface area (Å²) in [5.41, 5.74) is 6.19. The molecule has 20 heavy (non-hydrogen) atoms. The van der Waals surface area contributed by atoms with Crippen LogP contribution in [0, 0.1) is 11.8 Å². The first-order valence-electron chi connectivity index (χ1n) is 7.30. The molecule has 1 atom stereocenters. The first-order chi connectivity index (χ1) is 9.61. The predicted octanol–water partition coefficient (Wildman–Crippen LogP) is 2.44. The summed E-state index contributed by atoms with van der Waals surface area (Å²) in [5.74, 6) is 2.64. The largest absolute Gasteiger partial charge is 0.409 e. The standard InChI is InChI=1S/C15H24N4O/c1-11(2)12-4-3-8-19(9-7-12)14-6-5-13(10-17-14)15(16)18-20/h5-6,10-12,20H,3-4,7-9H2,1-2H3,(H2,16,18). The summed E-state index contributed by atoms with van der Waals surface area (Å²) in [5, 5.41) is 11.6. The van der Waals surface area contributed by atoms with E-state index in [1.165, 1.54) is 19.3 Å². The first-order valence-corrected chi connectivity index (χ1v) is 7.30. The monoisotopic (exact) mass is 276 g/mol. The van der Waals surface area contributed by atoms with Gasteiger partial charge in [-0.15, -0.1) is 0 Å². The van der Waals surface area contributed by atoms with Crippen LogP contribution in [0.15, 0.2) is 23.5 Å². The smallest absolute Gasteiger partial charge is 0.171 e. The Kier molecular flexibility index (Phi) is 4.82. The van der Waals surface area contributed by atoms with Crippen LogP contribution in [0.3, 0.4) is 0 Å². The Bertz CT molecular complexity index is 455. The minimum absolute atomic E-state index is 0.0970. The molecule has 0 aliphatic carbocycles. The van der Waals surface area contributed by atoms with Gasteiger partial charge in [-0.3, -0.25) is 0 Å². The van der Waals surface area contributed by atoms with Crippen LogP contribution in [-0.2, 0) is 0 Å². The molecule has 0 spiro atoms. The summed E-state index contributed by atoms with van der Waals surface area (Å²) in [6.45, 7) is 6.73. The Labute approximate surface area is 120 Å². The molecule has 0 bridgehead atoms. The van der Waals surface area contributed by atoms with E-state index in [1.54, 1.807) is 6.20 Å². The molecule has 0 amide bonds. The highest BCUT2D eigenvalue weighted by atomic mass is 16.4. The van der Waals surface area contributed by atoms with Crippen molar-refractivity contribution in [1.29, 1.82) is 0 Å². The summed E-state index contributed by atoms with van der Waals surface area (Å²) in [4.78, 5) is 6.77. The van der Waals surface area contributed by atoms with E-state index in [2.05, 4.69) is 28.9 Å². The van der Waals surface area contributed by atoms with Gasteiger partial charge in [-0.25, -0.2) is 4.98 Å². The van der Waals surface area contributed by atoms with E-state index in [-0.39, 0.29) is 5.84 Å². The number of rotatable bonds is 3. The molecule has 5 heteroatoms. The molecule has 2 heterocycles. The zero-order valence-electron chi connectivity index (χ0n) is 12.3. The van der Waals surface area contributed by atoms with Crippen LogP contribution in [0.1, 0.15) is 38.7 Å². The van der Waals surface area contributed by atoms with Crippen molar-refractivity contribution in [2.45, 2.75) is 33.1 Å². The number of hydrogen-bond acceptors (Lipinski definition) is 4. The molecule has 1 aromatic heterocycles. The lowest BCUT2D eigenvalue weighted by Crippen LogP contribution is -2.25. The third-order valence-electron chi connectivity index (χ3n) is 4.19. The molecular formula is C15H24N4O. The van der Waals surface area contributed by atoms with Gasteiger partial charge in [-0.1, -0.05) is 19.0 Å². The van der Waals surface area contributed by atoms with Crippen LogP contribution < -0.4 is 10.6 Å². The Morgan fingerprint density at radius 3 is 2.80 bits per heavy atom. The summed E-state index contributed by atoms with van der Waals surface area (Å²) in [7, 11) is 0. The molecule has 1 saturated heterocycles. The average molecular weight is 276 g/mol. The fourth-order valence-corrected chi connectivity index (χ4v) is 2.80. The summed E-state index contributed by atoms with van der Waals surface area (Å²) >= 11 is 0. The predicted molar refractivity (Wildman–Crippen MR) is 81.1 cm³/mol. The molecule has 0 aromatic carbocycles. The van der Waals surface area contributed by atoms with Crippen molar-refractivity contribution in [2.75, 3.05) is 18.0 Å². The molecule has 1 unspecified atom stereocenters. The molecule has 2 rings (SSSR count). The molecule has 3 N–H and O–H groups in total. The van der Waals surface area contributed by atoms with Gasteiger partial charge in [0.1, 0.15) is 5.82 Å². The first kappa shape index (κ1) is 14.6. The second kappa shape index (κ2) is 6.59. The second-order valence-corrected chi connectivity index (χ2v) is 5.81. The van der Waals surface area contributed by atoms with Crippen LogP contribution in [0.2, 0.25) is 0 Å². The number of aromatic nitrogens is 1. The average Bonchev–Trinajstić information content (AvgIpc) is 2.72. The highest BCUT2D eigenvalue weighted by Gasteiger charge is 2.20. The highest BCUT2D eigenvalue weighted by molar-refractivity contribution is 5.96. The van der Waals surface area contributed by atoms with Gasteiger partial charge in [0.25, 0.3) is 0 Å². The van der Waals surface area contributed by atoms with Gasteiger partial charge >= 0.3 is 0 Å². The van der Waals surface area contributed by atoms with Crippen molar-refractivity contribution in [3.8, 4) is 0 Å². The third kappa shape index (κ3) is 3.40. The summed E-state index contributed by atoms with van der Waals surface area (Å²) in [6.07, 6.45) is 5.40. The molecule has 0 saturated carbocycles. The summed E-state index contributed by atoms with van der Waals surface area (Å²) < 4.78 is 0. The number of anilines is 1. The van der Waals surface area contributed by atoms with E-state index >= 15 is 0 Å². The molecule has 1 fully saturated rings. The molecule has 1 aliphatic rings. The fraction of sp³-hybridized carbons (Fsp3) is 0.600. The molecular weight excluding hydrogens is 252 g/mol. The number of nitrogens with zero attached hydrogens (tertiary/aromatic N) is 3. The topological polar surface area (TPSA) is 74.7 Å². The molecule has 1 aliphatic heterocycles. The normalized spacial score (nSPS) is 21.1. The number of pyridine rings is 1. The van der Waals surface area contributed by atoms with Gasteiger partial charge in [0, 0.05) is 24.8 Å². The fourth-order valence-electron chi connectivity index (χ4n) is 2.80. The van der Waals surface area contributed by atoms with E-state index in [4.69, 9.17) is 10.9 Å². The van der Waals surface area contributed by atoms with E-state index in [1.807, 2.05) is 12.1 Å². The maximum atomic E-state index is 8.65. The van der Waals surface area contributed by atoms with Crippen molar-refractivity contribution >= 4 is 11.7 Å². The van der Waals surface area contributed by atoms with Crippen molar-refractivity contribution in [3.05, 3.63) is 23.9 Å². The van der Waals surface area contributed by atoms with Crippen molar-refractivity contribution in [3.63, 3.8) is 0 Å². The number of oxime groups is 1. The Morgan fingerprint density at radius 2 is 2.20 bits per heavy atom. The second-order valence-electron chi connectivity index (χ2n) is 5.81. The van der Waals surface area contributed by atoms with Gasteiger partial charge in [0.05, 0.1) is 0 Å². The Morgan fingerprint density at radius 1 is 1.40 bits per heavy atom. The lowest BCUT2D eigenvalue weighted by molar-refractivity contribution is 0.318. The van der Waals surface area contributed by atoms with Crippen LogP contribution in [0.5, 0.6) is 0 Å². The number of amidine groups is 1. The van der Waals surface area contributed by atoms with Crippen LogP contribution in [-0.4, -0.2) is 29.1 Å². The third-order valence-corrected chi connectivity index (χ3v) is 4.19. The van der Waals surface area contributed by atoms with E-state index < -0.39 is 0 Å².